The third-order valence-electron chi connectivity index (χ3n) is 6.35. The molecule has 1 aliphatic carbocycles. The Morgan fingerprint density at radius 2 is 1.94 bits per heavy atom. The van der Waals surface area contributed by atoms with Crippen LogP contribution in [0.25, 0.3) is 11.0 Å². The Balaban J connectivity index is 1.46. The molecule has 1 fully saturated rings. The van der Waals surface area contributed by atoms with E-state index in [2.05, 4.69) is 64.1 Å². The van der Waals surface area contributed by atoms with Gasteiger partial charge in [-0.2, -0.15) is 4.98 Å². The van der Waals surface area contributed by atoms with Crippen molar-refractivity contribution in [2.75, 3.05) is 25.0 Å². The summed E-state index contributed by atoms with van der Waals surface area (Å²) in [4.78, 5) is 11.7. The van der Waals surface area contributed by atoms with Gasteiger partial charge in [0.2, 0.25) is 5.95 Å². The van der Waals surface area contributed by atoms with Gasteiger partial charge in [0, 0.05) is 42.6 Å². The van der Waals surface area contributed by atoms with Crippen LogP contribution in [0.2, 0.25) is 0 Å². The summed E-state index contributed by atoms with van der Waals surface area (Å²) < 4.78 is 2.36. The van der Waals surface area contributed by atoms with Crippen LogP contribution in [0.4, 0.5) is 11.6 Å². The van der Waals surface area contributed by atoms with E-state index >= 15 is 0 Å². The minimum atomic E-state index is 0.200. The molecule has 6 nitrogen and oxygen atoms in total. The van der Waals surface area contributed by atoms with Gasteiger partial charge in [0.1, 0.15) is 5.65 Å². The molecule has 0 atom stereocenters. The number of hydrogen-bond donors (Lipinski definition) is 2. The lowest BCUT2D eigenvalue weighted by molar-refractivity contribution is 0.188. The quantitative estimate of drug-likeness (QED) is 0.471. The van der Waals surface area contributed by atoms with Crippen LogP contribution in [-0.4, -0.2) is 44.2 Å². The van der Waals surface area contributed by atoms with Gasteiger partial charge >= 0.3 is 0 Å². The third-order valence-corrected chi connectivity index (χ3v) is 6.35. The first-order chi connectivity index (χ1) is 15.2. The highest BCUT2D eigenvalue weighted by Crippen LogP contribution is 2.33. The van der Waals surface area contributed by atoms with Crippen molar-refractivity contribution in [3.05, 3.63) is 47.8 Å². The van der Waals surface area contributed by atoms with Gasteiger partial charge in [0.15, 0.2) is 0 Å². The summed E-state index contributed by atoms with van der Waals surface area (Å²) >= 11 is 0. The number of unbranched alkanes of at least 4 members (excludes halogenated alkanes) is 1. The summed E-state index contributed by atoms with van der Waals surface area (Å²) in [6.07, 6.45) is 11.6. The van der Waals surface area contributed by atoms with E-state index in [0.717, 1.165) is 36.2 Å². The van der Waals surface area contributed by atoms with Crippen LogP contribution in [0, 0.1) is 6.92 Å². The Bertz CT molecular complexity index is 975. The number of nitrogens with one attached hydrogen (secondary N) is 1. The van der Waals surface area contributed by atoms with E-state index in [0.29, 0.717) is 18.5 Å². The van der Waals surface area contributed by atoms with Crippen molar-refractivity contribution in [2.24, 2.45) is 0 Å². The molecule has 1 aliphatic rings. The monoisotopic (exact) mass is 421 g/mol. The second kappa shape index (κ2) is 10.2. The molecular formula is C25H35N5O. The maximum Gasteiger partial charge on any atom is 0.229 e. The molecule has 31 heavy (non-hydrogen) atoms. The second-order valence-corrected chi connectivity index (χ2v) is 8.76. The largest absolute Gasteiger partial charge is 0.395 e. The summed E-state index contributed by atoms with van der Waals surface area (Å²) in [6.45, 7) is 7.13. The molecule has 0 saturated heterocycles. The van der Waals surface area contributed by atoms with Gasteiger partial charge < -0.3 is 15.0 Å². The van der Waals surface area contributed by atoms with Gasteiger partial charge in [0.25, 0.3) is 0 Å². The van der Waals surface area contributed by atoms with E-state index in [4.69, 9.17) is 4.98 Å². The van der Waals surface area contributed by atoms with Gasteiger partial charge in [0.05, 0.1) is 6.61 Å². The van der Waals surface area contributed by atoms with Crippen LogP contribution in [0.5, 0.6) is 0 Å². The number of nitrogens with zero attached hydrogens (tertiary/aromatic N) is 4. The second-order valence-electron chi connectivity index (χ2n) is 8.76. The van der Waals surface area contributed by atoms with Crippen molar-refractivity contribution in [1.29, 1.82) is 0 Å². The summed E-state index contributed by atoms with van der Waals surface area (Å²) in [5.41, 5.74) is 4.51. The van der Waals surface area contributed by atoms with Crippen LogP contribution in [0.15, 0.2) is 36.7 Å². The van der Waals surface area contributed by atoms with E-state index in [9.17, 15) is 5.11 Å². The van der Waals surface area contributed by atoms with Crippen molar-refractivity contribution in [1.82, 2.24) is 19.4 Å². The molecule has 0 spiro atoms. The third kappa shape index (κ3) is 5.25. The van der Waals surface area contributed by atoms with Gasteiger partial charge in [-0.1, -0.05) is 38.3 Å². The Hall–Kier alpha value is -2.44. The minimum Gasteiger partial charge on any atom is -0.395 e. The predicted molar refractivity (Wildman–Crippen MR) is 127 cm³/mol. The van der Waals surface area contributed by atoms with Gasteiger partial charge in [-0.05, 0) is 56.0 Å². The molecule has 2 heterocycles. The zero-order valence-corrected chi connectivity index (χ0v) is 18.8. The standard InChI is InChI=1S/C25H35N5O/c1-3-4-13-29(14-15-31)18-20-9-11-21(12-10-20)27-25-26-16-23-19(2)17-30(24(23)28-25)22-7-5-6-8-22/h9-12,16-17,22,31H,3-8,13-15,18H2,1-2H3,(H,26,27,28). The fourth-order valence-corrected chi connectivity index (χ4v) is 4.58. The molecule has 6 heteroatoms. The van der Waals surface area contributed by atoms with Gasteiger partial charge in [-0.3, -0.25) is 4.90 Å². The molecule has 1 saturated carbocycles. The first-order valence-electron chi connectivity index (χ1n) is 11.7. The number of aromatic nitrogens is 3. The predicted octanol–water partition coefficient (Wildman–Crippen LogP) is 5.19. The average Bonchev–Trinajstić information content (AvgIpc) is 3.42. The Morgan fingerprint density at radius 1 is 1.16 bits per heavy atom. The molecule has 0 aliphatic heterocycles. The van der Waals surface area contributed by atoms with Crippen LogP contribution < -0.4 is 5.32 Å². The summed E-state index contributed by atoms with van der Waals surface area (Å²) in [5.74, 6) is 0.641. The number of aryl methyl sites for hydroxylation is 1. The SMILES string of the molecule is CCCCN(CCO)Cc1ccc(Nc2ncc3c(C)cn(C4CCCC4)c3n2)cc1. The molecule has 3 aromatic rings. The molecule has 2 N–H and O–H groups in total. The molecule has 4 rings (SSSR count). The zero-order chi connectivity index (χ0) is 21.6. The highest BCUT2D eigenvalue weighted by atomic mass is 16.3. The smallest absolute Gasteiger partial charge is 0.229 e. The number of aliphatic hydroxyl groups is 1. The molecule has 0 unspecified atom stereocenters. The number of aliphatic hydroxyl groups excluding tert-OH is 1. The first-order valence-corrected chi connectivity index (χ1v) is 11.7. The van der Waals surface area contributed by atoms with Crippen molar-refractivity contribution in [3.63, 3.8) is 0 Å². The Labute approximate surface area is 185 Å². The van der Waals surface area contributed by atoms with Crippen LogP contribution in [-0.2, 0) is 6.54 Å². The number of anilines is 2. The van der Waals surface area contributed by atoms with Crippen molar-refractivity contribution in [2.45, 2.75) is 65.0 Å². The fraction of sp³-hybridized carbons (Fsp3) is 0.520. The van der Waals surface area contributed by atoms with E-state index < -0.39 is 0 Å². The zero-order valence-electron chi connectivity index (χ0n) is 18.8. The van der Waals surface area contributed by atoms with Gasteiger partial charge in [-0.15, -0.1) is 0 Å². The number of benzene rings is 1. The summed E-state index contributed by atoms with van der Waals surface area (Å²) in [5, 5.41) is 13.8. The van der Waals surface area contributed by atoms with Crippen LogP contribution in [0.3, 0.4) is 0 Å². The van der Waals surface area contributed by atoms with Crippen LogP contribution >= 0.6 is 0 Å². The molecule has 0 amide bonds. The van der Waals surface area contributed by atoms with Crippen molar-refractivity contribution in [3.8, 4) is 0 Å². The topological polar surface area (TPSA) is 66.2 Å². The maximum absolute atomic E-state index is 9.32. The Kier molecular flexibility index (Phi) is 7.20. The highest BCUT2D eigenvalue weighted by Gasteiger charge is 2.20. The van der Waals surface area contributed by atoms with Crippen LogP contribution in [0.1, 0.15) is 62.6 Å². The normalized spacial score (nSPS) is 14.7. The Morgan fingerprint density at radius 3 is 2.65 bits per heavy atom. The van der Waals surface area contributed by atoms with E-state index in [1.165, 1.54) is 43.2 Å². The molecular weight excluding hydrogens is 386 g/mol. The fourth-order valence-electron chi connectivity index (χ4n) is 4.58. The molecule has 2 aromatic heterocycles. The van der Waals surface area contributed by atoms with Crippen molar-refractivity contribution < 1.29 is 5.11 Å². The molecule has 0 bridgehead atoms. The van der Waals surface area contributed by atoms with E-state index in [1.54, 1.807) is 0 Å². The first kappa shape index (κ1) is 21.8. The molecule has 166 valence electrons. The maximum atomic E-state index is 9.32. The summed E-state index contributed by atoms with van der Waals surface area (Å²) in [7, 11) is 0. The van der Waals surface area contributed by atoms with E-state index in [-0.39, 0.29) is 6.61 Å². The lowest BCUT2D eigenvalue weighted by atomic mass is 10.2. The van der Waals surface area contributed by atoms with E-state index in [1.807, 2.05) is 6.20 Å². The highest BCUT2D eigenvalue weighted by molar-refractivity contribution is 5.80. The number of hydrogen-bond acceptors (Lipinski definition) is 5. The molecule has 1 aromatic carbocycles. The average molecular weight is 422 g/mol. The lowest BCUT2D eigenvalue weighted by Gasteiger charge is -2.21. The molecule has 0 radical (unpaired) electrons. The summed E-state index contributed by atoms with van der Waals surface area (Å²) in [6, 6.07) is 9.01. The number of fused-ring (bicyclic) bond motifs is 1. The van der Waals surface area contributed by atoms with Gasteiger partial charge in [-0.25, -0.2) is 4.98 Å². The van der Waals surface area contributed by atoms with Crippen molar-refractivity contribution >= 4 is 22.7 Å². The minimum absolute atomic E-state index is 0.200. The number of rotatable bonds is 10. The lowest BCUT2D eigenvalue weighted by Crippen LogP contribution is -2.27.